The molecule has 0 aliphatic carbocycles. The van der Waals surface area contributed by atoms with Crippen LogP contribution in [0, 0.1) is 6.92 Å². The van der Waals surface area contributed by atoms with Crippen molar-refractivity contribution in [3.63, 3.8) is 0 Å². The lowest BCUT2D eigenvalue weighted by molar-refractivity contribution is -0.133. The number of ether oxygens (including phenoxy) is 1. The molecule has 3 aromatic carbocycles. The molecule has 0 N–H and O–H groups in total. The molecule has 0 unspecified atom stereocenters. The van der Waals surface area contributed by atoms with Crippen molar-refractivity contribution in [1.29, 1.82) is 0 Å². The van der Waals surface area contributed by atoms with Crippen LogP contribution in [0.3, 0.4) is 0 Å². The molecular weight excluding hydrogens is 400 g/mol. The highest BCUT2D eigenvalue weighted by molar-refractivity contribution is 5.89. The van der Waals surface area contributed by atoms with Gasteiger partial charge in [-0.1, -0.05) is 72.8 Å². The zero-order valence-corrected chi connectivity index (χ0v) is 18.3. The summed E-state index contributed by atoms with van der Waals surface area (Å²) in [5, 5.41) is 0.898. The van der Waals surface area contributed by atoms with Crippen molar-refractivity contribution in [1.82, 2.24) is 9.47 Å². The number of carbonyl (C=O) groups excluding carboxylic acids is 1. The molecule has 162 valence electrons. The lowest BCUT2D eigenvalue weighted by Gasteiger charge is -2.24. The van der Waals surface area contributed by atoms with Gasteiger partial charge < -0.3 is 9.64 Å². The fourth-order valence-corrected chi connectivity index (χ4v) is 3.97. The summed E-state index contributed by atoms with van der Waals surface area (Å²) in [7, 11) is 1.57. The van der Waals surface area contributed by atoms with Crippen molar-refractivity contribution in [2.45, 2.75) is 26.6 Å². The molecule has 0 saturated heterocycles. The zero-order valence-electron chi connectivity index (χ0n) is 18.3. The van der Waals surface area contributed by atoms with E-state index >= 15 is 0 Å². The molecule has 0 bridgehead atoms. The predicted octanol–water partition coefficient (Wildman–Crippen LogP) is 4.55. The minimum Gasteiger partial charge on any atom is -0.495 e. The van der Waals surface area contributed by atoms with Gasteiger partial charge in [0, 0.05) is 24.5 Å². The summed E-state index contributed by atoms with van der Waals surface area (Å²) in [6.07, 6.45) is 0. The molecule has 1 amide bonds. The van der Waals surface area contributed by atoms with Crippen molar-refractivity contribution >= 4 is 16.8 Å². The first kappa shape index (κ1) is 21.4. The molecule has 0 aliphatic heterocycles. The molecule has 0 saturated carbocycles. The fourth-order valence-electron chi connectivity index (χ4n) is 3.97. The number of methoxy groups -OCH3 is 1. The summed E-state index contributed by atoms with van der Waals surface area (Å²) in [4.78, 5) is 28.3. The Bertz CT molecular complexity index is 1240. The standard InChI is InChI=1S/C27H26N2O3/c1-20-16-25(30)29(27-23(20)14-9-15-24(27)32-2)19-26(31)28(17-21-10-5-3-6-11-21)18-22-12-7-4-8-13-22/h3-16H,17-19H2,1-2H3. The minimum absolute atomic E-state index is 0.0599. The quantitative estimate of drug-likeness (QED) is 0.436. The fraction of sp³-hybridized carbons (Fsp3) is 0.185. The van der Waals surface area contributed by atoms with E-state index in [0.717, 1.165) is 22.1 Å². The summed E-state index contributed by atoms with van der Waals surface area (Å²) in [5.41, 5.74) is 3.36. The molecule has 32 heavy (non-hydrogen) atoms. The largest absolute Gasteiger partial charge is 0.495 e. The summed E-state index contributed by atoms with van der Waals surface area (Å²) >= 11 is 0. The monoisotopic (exact) mass is 426 g/mol. The lowest BCUT2D eigenvalue weighted by Crippen LogP contribution is -2.36. The summed E-state index contributed by atoms with van der Waals surface area (Å²) in [5.74, 6) is 0.449. The molecule has 0 radical (unpaired) electrons. The van der Waals surface area contributed by atoms with Gasteiger partial charge in [0.05, 0.1) is 12.6 Å². The van der Waals surface area contributed by atoms with Crippen LogP contribution in [-0.4, -0.2) is 22.5 Å². The number of aromatic nitrogens is 1. The van der Waals surface area contributed by atoms with Gasteiger partial charge in [-0.15, -0.1) is 0 Å². The number of carbonyl (C=O) groups is 1. The summed E-state index contributed by atoms with van der Waals surface area (Å²) in [6, 6.07) is 27.0. The molecule has 0 fully saturated rings. The molecule has 5 heteroatoms. The normalized spacial score (nSPS) is 10.8. The van der Waals surface area contributed by atoms with Gasteiger partial charge in [-0.05, 0) is 29.7 Å². The number of pyridine rings is 1. The van der Waals surface area contributed by atoms with E-state index in [0.29, 0.717) is 24.4 Å². The Morgan fingerprint density at radius 1 is 0.875 bits per heavy atom. The Hall–Kier alpha value is -3.86. The summed E-state index contributed by atoms with van der Waals surface area (Å²) < 4.78 is 7.05. The van der Waals surface area contributed by atoms with Crippen LogP contribution in [0.2, 0.25) is 0 Å². The van der Waals surface area contributed by atoms with E-state index in [1.54, 1.807) is 18.1 Å². The van der Waals surface area contributed by atoms with Crippen LogP contribution in [0.4, 0.5) is 0 Å². The molecular formula is C27H26N2O3. The first-order valence-corrected chi connectivity index (χ1v) is 10.6. The molecule has 0 aliphatic rings. The average molecular weight is 427 g/mol. The Labute approximate surface area is 187 Å². The number of hydrogen-bond acceptors (Lipinski definition) is 3. The smallest absolute Gasteiger partial charge is 0.251 e. The van der Waals surface area contributed by atoms with Crippen molar-refractivity contribution in [2.24, 2.45) is 0 Å². The van der Waals surface area contributed by atoms with E-state index in [-0.39, 0.29) is 18.0 Å². The second-order valence-electron chi connectivity index (χ2n) is 7.83. The van der Waals surface area contributed by atoms with E-state index in [4.69, 9.17) is 4.74 Å². The van der Waals surface area contributed by atoms with Gasteiger partial charge in [0.1, 0.15) is 12.3 Å². The van der Waals surface area contributed by atoms with E-state index in [9.17, 15) is 9.59 Å². The van der Waals surface area contributed by atoms with E-state index in [2.05, 4.69) is 0 Å². The second kappa shape index (κ2) is 9.52. The molecule has 4 aromatic rings. The van der Waals surface area contributed by atoms with Crippen LogP contribution in [0.25, 0.3) is 10.9 Å². The van der Waals surface area contributed by atoms with Crippen LogP contribution in [-0.2, 0) is 24.4 Å². The third-order valence-electron chi connectivity index (χ3n) is 5.60. The van der Waals surface area contributed by atoms with Crippen LogP contribution >= 0.6 is 0 Å². The highest BCUT2D eigenvalue weighted by Crippen LogP contribution is 2.26. The van der Waals surface area contributed by atoms with Gasteiger partial charge in [0.15, 0.2) is 0 Å². The maximum absolute atomic E-state index is 13.5. The third-order valence-corrected chi connectivity index (χ3v) is 5.60. The predicted molar refractivity (Wildman–Crippen MR) is 127 cm³/mol. The number of hydrogen-bond donors (Lipinski definition) is 0. The van der Waals surface area contributed by atoms with E-state index < -0.39 is 0 Å². The number of fused-ring (bicyclic) bond motifs is 1. The SMILES string of the molecule is COc1cccc2c(C)cc(=O)n(CC(=O)N(Cc3ccccc3)Cc3ccccc3)c12. The Kier molecular flexibility index (Phi) is 6.36. The Morgan fingerprint density at radius 2 is 1.47 bits per heavy atom. The van der Waals surface area contributed by atoms with Crippen molar-refractivity contribution in [2.75, 3.05) is 7.11 Å². The topological polar surface area (TPSA) is 51.5 Å². The number of para-hydroxylation sites is 1. The van der Waals surface area contributed by atoms with Crippen molar-refractivity contribution in [3.8, 4) is 5.75 Å². The van der Waals surface area contributed by atoms with Gasteiger partial charge in [-0.3, -0.25) is 14.2 Å². The maximum Gasteiger partial charge on any atom is 0.251 e. The van der Waals surface area contributed by atoms with Crippen LogP contribution in [0.15, 0.2) is 89.7 Å². The maximum atomic E-state index is 13.5. The number of nitrogens with zero attached hydrogens (tertiary/aromatic N) is 2. The first-order valence-electron chi connectivity index (χ1n) is 10.6. The highest BCUT2D eigenvalue weighted by Gasteiger charge is 2.19. The van der Waals surface area contributed by atoms with Crippen LogP contribution in [0.5, 0.6) is 5.75 Å². The van der Waals surface area contributed by atoms with Gasteiger partial charge in [0.2, 0.25) is 5.91 Å². The Morgan fingerprint density at radius 3 is 2.03 bits per heavy atom. The number of aryl methyl sites for hydroxylation is 1. The van der Waals surface area contributed by atoms with Gasteiger partial charge in [-0.25, -0.2) is 0 Å². The highest BCUT2D eigenvalue weighted by atomic mass is 16.5. The molecule has 1 heterocycles. The van der Waals surface area contributed by atoms with Gasteiger partial charge in [0.25, 0.3) is 5.56 Å². The number of benzene rings is 3. The summed E-state index contributed by atoms with van der Waals surface area (Å²) in [6.45, 7) is 2.76. The molecule has 1 aromatic heterocycles. The Balaban J connectivity index is 1.72. The third kappa shape index (κ3) is 4.57. The zero-order chi connectivity index (χ0) is 22.5. The molecule has 4 rings (SSSR count). The van der Waals surface area contributed by atoms with Crippen molar-refractivity contribution in [3.05, 3.63) is 112 Å². The number of amides is 1. The minimum atomic E-state index is -0.216. The number of rotatable bonds is 7. The molecule has 0 atom stereocenters. The molecule has 0 spiro atoms. The first-order chi connectivity index (χ1) is 15.6. The van der Waals surface area contributed by atoms with E-state index in [1.165, 1.54) is 4.57 Å². The van der Waals surface area contributed by atoms with Gasteiger partial charge in [-0.2, -0.15) is 0 Å². The van der Waals surface area contributed by atoms with E-state index in [1.807, 2.05) is 85.8 Å². The van der Waals surface area contributed by atoms with Crippen LogP contribution < -0.4 is 10.3 Å². The van der Waals surface area contributed by atoms with Crippen LogP contribution in [0.1, 0.15) is 16.7 Å². The van der Waals surface area contributed by atoms with Crippen molar-refractivity contribution < 1.29 is 9.53 Å². The second-order valence-corrected chi connectivity index (χ2v) is 7.83. The average Bonchev–Trinajstić information content (AvgIpc) is 2.82. The van der Waals surface area contributed by atoms with Gasteiger partial charge >= 0.3 is 0 Å². The molecule has 5 nitrogen and oxygen atoms in total. The lowest BCUT2D eigenvalue weighted by atomic mass is 10.1.